The third-order valence-electron chi connectivity index (χ3n) is 5.29. The molecule has 0 saturated carbocycles. The van der Waals surface area contributed by atoms with Gasteiger partial charge in [-0.05, 0) is 36.8 Å². The molecule has 0 radical (unpaired) electrons. The zero-order valence-electron chi connectivity index (χ0n) is 18.0. The molecule has 4 rings (SSSR count). The highest BCUT2D eigenvalue weighted by molar-refractivity contribution is 7.89. The topological polar surface area (TPSA) is 95.7 Å². The molecule has 4 aromatic rings. The average Bonchev–Trinajstić information content (AvgIpc) is 3.24. The van der Waals surface area contributed by atoms with Crippen LogP contribution < -0.4 is 0 Å². The molecule has 0 saturated heterocycles. The molecule has 0 spiro atoms. The maximum Gasteiger partial charge on any atom is 0.246 e. The van der Waals surface area contributed by atoms with E-state index in [9.17, 15) is 23.0 Å². The maximum atomic E-state index is 14.4. The van der Waals surface area contributed by atoms with Crippen LogP contribution in [-0.2, 0) is 16.6 Å². The van der Waals surface area contributed by atoms with Gasteiger partial charge in [0.25, 0.3) is 0 Å². The van der Waals surface area contributed by atoms with Gasteiger partial charge in [0.15, 0.2) is 0 Å². The van der Waals surface area contributed by atoms with Crippen LogP contribution in [-0.4, -0.2) is 39.8 Å². The minimum absolute atomic E-state index is 0.0795. The van der Waals surface area contributed by atoms with E-state index in [1.807, 2.05) is 31.2 Å². The molecule has 1 aromatic heterocycles. The first-order valence-corrected chi connectivity index (χ1v) is 11.5. The van der Waals surface area contributed by atoms with Crippen molar-refractivity contribution in [2.45, 2.75) is 18.4 Å². The highest BCUT2D eigenvalue weighted by atomic mass is 32.2. The summed E-state index contributed by atoms with van der Waals surface area (Å²) in [6.07, 6.45) is 1.41. The fraction of sp³-hybridized carbons (Fsp3) is 0.125. The Bertz CT molecular complexity index is 1420. The third-order valence-corrected chi connectivity index (χ3v) is 7.12. The summed E-state index contributed by atoms with van der Waals surface area (Å²) < 4.78 is 43.3. The normalized spacial score (nSPS) is 11.8. The van der Waals surface area contributed by atoms with Gasteiger partial charge in [0.2, 0.25) is 10.0 Å². The Morgan fingerprint density at radius 2 is 1.70 bits per heavy atom. The molecule has 0 aliphatic heterocycles. The summed E-state index contributed by atoms with van der Waals surface area (Å²) in [6, 6.07) is 17.0. The van der Waals surface area contributed by atoms with E-state index in [4.69, 9.17) is 0 Å². The molecule has 0 bridgehead atoms. The van der Waals surface area contributed by atoms with Crippen molar-refractivity contribution in [3.05, 3.63) is 89.9 Å². The predicted octanol–water partition coefficient (Wildman–Crippen LogP) is 4.22. The molecule has 7 nitrogen and oxygen atoms in total. The lowest BCUT2D eigenvalue weighted by Crippen LogP contribution is -2.26. The van der Waals surface area contributed by atoms with Crippen molar-refractivity contribution in [2.75, 3.05) is 7.05 Å². The van der Waals surface area contributed by atoms with Crippen molar-refractivity contribution in [3.8, 4) is 28.4 Å². The van der Waals surface area contributed by atoms with Gasteiger partial charge in [0.05, 0.1) is 11.9 Å². The largest absolute Gasteiger partial charge is 0.507 e. The van der Waals surface area contributed by atoms with Gasteiger partial charge >= 0.3 is 0 Å². The molecular weight excluding hydrogens is 445 g/mol. The Labute approximate surface area is 191 Å². The van der Waals surface area contributed by atoms with Crippen molar-refractivity contribution < 1.29 is 23.0 Å². The van der Waals surface area contributed by atoms with E-state index < -0.39 is 21.6 Å². The van der Waals surface area contributed by atoms with Crippen molar-refractivity contribution in [1.29, 1.82) is 0 Å². The maximum absolute atomic E-state index is 14.4. The molecule has 0 atom stereocenters. The first kappa shape index (κ1) is 22.5. The van der Waals surface area contributed by atoms with Crippen LogP contribution in [0.25, 0.3) is 16.9 Å². The third kappa shape index (κ3) is 4.33. The average molecular weight is 468 g/mol. The van der Waals surface area contributed by atoms with Gasteiger partial charge in [0, 0.05) is 25.2 Å². The number of phenols is 2. The van der Waals surface area contributed by atoms with E-state index >= 15 is 0 Å². The van der Waals surface area contributed by atoms with Crippen LogP contribution in [0.15, 0.2) is 77.8 Å². The predicted molar refractivity (Wildman–Crippen MR) is 122 cm³/mol. The number of hydrogen-bond donors (Lipinski definition) is 2. The van der Waals surface area contributed by atoms with Gasteiger partial charge in [-0.15, -0.1) is 0 Å². The molecule has 0 unspecified atom stereocenters. The molecular formula is C24H22FN3O4S. The molecule has 3 aromatic carbocycles. The highest BCUT2D eigenvalue weighted by Crippen LogP contribution is 2.38. The van der Waals surface area contributed by atoms with Gasteiger partial charge in [-0.25, -0.2) is 17.5 Å². The lowest BCUT2D eigenvalue weighted by molar-refractivity contribution is 0.430. The molecule has 33 heavy (non-hydrogen) atoms. The smallest absolute Gasteiger partial charge is 0.246 e. The zero-order valence-corrected chi connectivity index (χ0v) is 18.8. The molecule has 0 aliphatic carbocycles. The van der Waals surface area contributed by atoms with E-state index in [-0.39, 0.29) is 34.1 Å². The molecule has 0 fully saturated rings. The van der Waals surface area contributed by atoms with E-state index in [0.717, 1.165) is 21.5 Å². The number of phenolic OH excluding ortho intramolecular Hbond substituents is 2. The summed E-state index contributed by atoms with van der Waals surface area (Å²) in [4.78, 5) is -0.383. The number of rotatable bonds is 6. The van der Waals surface area contributed by atoms with Crippen LogP contribution >= 0.6 is 0 Å². The molecule has 0 amide bonds. The first-order chi connectivity index (χ1) is 15.7. The van der Waals surface area contributed by atoms with Crippen molar-refractivity contribution in [2.24, 2.45) is 0 Å². The monoisotopic (exact) mass is 467 g/mol. The number of para-hydroxylation sites is 1. The van der Waals surface area contributed by atoms with E-state index in [1.54, 1.807) is 6.07 Å². The van der Waals surface area contributed by atoms with Crippen LogP contribution in [0.3, 0.4) is 0 Å². The molecule has 9 heteroatoms. The Morgan fingerprint density at radius 3 is 2.39 bits per heavy atom. The number of sulfonamides is 1. The van der Waals surface area contributed by atoms with Gasteiger partial charge in [-0.3, -0.25) is 0 Å². The van der Waals surface area contributed by atoms with Crippen molar-refractivity contribution in [1.82, 2.24) is 14.1 Å². The summed E-state index contributed by atoms with van der Waals surface area (Å²) in [7, 11) is -2.72. The summed E-state index contributed by atoms with van der Waals surface area (Å²) in [6.45, 7) is 2.03. The minimum atomic E-state index is -4.13. The Balaban J connectivity index is 1.77. The van der Waals surface area contributed by atoms with Gasteiger partial charge < -0.3 is 10.2 Å². The van der Waals surface area contributed by atoms with Crippen LogP contribution in [0, 0.1) is 12.7 Å². The standard InChI is InChI=1S/C24H22FN3O4S/c1-16-7-9-17(10-8-16)15-27(2)33(31,32)24-13-18(22(29)14-23(24)30)20-11-12-26-28(20)21-6-4-3-5-19(21)25/h3-14,29-30H,15H2,1-2H3. The quantitative estimate of drug-likeness (QED) is 0.443. The number of aryl methyl sites for hydroxylation is 1. The summed E-state index contributed by atoms with van der Waals surface area (Å²) in [5.74, 6) is -1.50. The lowest BCUT2D eigenvalue weighted by Gasteiger charge is -2.19. The number of halogens is 1. The van der Waals surface area contributed by atoms with E-state index in [2.05, 4.69) is 5.10 Å². The summed E-state index contributed by atoms with van der Waals surface area (Å²) in [5, 5.41) is 25.0. The fourth-order valence-electron chi connectivity index (χ4n) is 3.50. The Kier molecular flexibility index (Phi) is 5.92. The zero-order chi connectivity index (χ0) is 23.8. The second-order valence-electron chi connectivity index (χ2n) is 7.66. The minimum Gasteiger partial charge on any atom is -0.507 e. The number of benzene rings is 3. The Morgan fingerprint density at radius 1 is 1.00 bits per heavy atom. The van der Waals surface area contributed by atoms with Gasteiger partial charge in [0.1, 0.15) is 27.9 Å². The lowest BCUT2D eigenvalue weighted by atomic mass is 10.1. The fourth-order valence-corrected chi connectivity index (χ4v) is 4.74. The Hall–Kier alpha value is -3.69. The summed E-state index contributed by atoms with van der Waals surface area (Å²) >= 11 is 0. The number of nitrogens with zero attached hydrogens (tertiary/aromatic N) is 3. The second-order valence-corrected chi connectivity index (χ2v) is 9.68. The first-order valence-electron chi connectivity index (χ1n) is 10.1. The van der Waals surface area contributed by atoms with Crippen LogP contribution in [0.2, 0.25) is 0 Å². The van der Waals surface area contributed by atoms with Crippen molar-refractivity contribution in [3.63, 3.8) is 0 Å². The van der Waals surface area contributed by atoms with Crippen LogP contribution in [0.1, 0.15) is 11.1 Å². The number of hydrogen-bond acceptors (Lipinski definition) is 5. The number of aromatic nitrogens is 2. The van der Waals surface area contributed by atoms with E-state index in [0.29, 0.717) is 0 Å². The molecule has 0 aliphatic rings. The molecule has 1 heterocycles. The van der Waals surface area contributed by atoms with Gasteiger partial charge in [-0.1, -0.05) is 42.0 Å². The van der Waals surface area contributed by atoms with Crippen molar-refractivity contribution >= 4 is 10.0 Å². The molecule has 170 valence electrons. The van der Waals surface area contributed by atoms with E-state index in [1.165, 1.54) is 48.3 Å². The van der Waals surface area contributed by atoms with Crippen LogP contribution in [0.5, 0.6) is 11.5 Å². The molecule has 2 N–H and O–H groups in total. The van der Waals surface area contributed by atoms with Gasteiger partial charge in [-0.2, -0.15) is 9.40 Å². The number of aromatic hydroxyl groups is 2. The highest BCUT2D eigenvalue weighted by Gasteiger charge is 2.27. The SMILES string of the molecule is Cc1ccc(CN(C)S(=O)(=O)c2cc(-c3ccnn3-c3ccccc3F)c(O)cc2O)cc1. The van der Waals surface area contributed by atoms with Crippen LogP contribution in [0.4, 0.5) is 4.39 Å². The second kappa shape index (κ2) is 8.68. The summed E-state index contributed by atoms with van der Waals surface area (Å²) in [5.41, 5.74) is 2.30.